The van der Waals surface area contributed by atoms with Crippen molar-refractivity contribution in [2.24, 2.45) is 4.99 Å². The van der Waals surface area contributed by atoms with Gasteiger partial charge in [0, 0.05) is 30.4 Å². The van der Waals surface area contributed by atoms with E-state index in [-0.39, 0.29) is 0 Å². The number of aromatic nitrogens is 1. The molecule has 0 fully saturated rings. The van der Waals surface area contributed by atoms with Crippen molar-refractivity contribution < 1.29 is 0 Å². The molecule has 10 rings (SSSR count). The van der Waals surface area contributed by atoms with Gasteiger partial charge in [0.1, 0.15) is 0 Å². The van der Waals surface area contributed by atoms with E-state index in [9.17, 15) is 0 Å². The van der Waals surface area contributed by atoms with Gasteiger partial charge in [-0.2, -0.15) is 0 Å². The van der Waals surface area contributed by atoms with E-state index < -0.39 is 0 Å². The summed E-state index contributed by atoms with van der Waals surface area (Å²) in [5, 5.41) is 5.03. The lowest BCUT2D eigenvalue weighted by Crippen LogP contribution is -1.91. The van der Waals surface area contributed by atoms with E-state index in [0.29, 0.717) is 0 Å². The molecule has 2 heteroatoms. The summed E-state index contributed by atoms with van der Waals surface area (Å²) in [6, 6.07) is 66.7. The van der Waals surface area contributed by atoms with E-state index in [1.807, 2.05) is 30.9 Å². The first kappa shape index (κ1) is 33.4. The van der Waals surface area contributed by atoms with E-state index in [2.05, 4.69) is 186 Å². The second kappa shape index (κ2) is 14.6. The molecule has 0 unspecified atom stereocenters. The third-order valence-electron chi connectivity index (χ3n) is 11.0. The number of allylic oxidation sites excluding steroid dienone is 1. The summed E-state index contributed by atoms with van der Waals surface area (Å²) in [6.45, 7) is 0. The largest absolute Gasteiger partial charge is 0.269 e. The van der Waals surface area contributed by atoms with Gasteiger partial charge in [-0.15, -0.1) is 0 Å². The molecule has 0 N–H and O–H groups in total. The molecule has 0 bridgehead atoms. The van der Waals surface area contributed by atoms with Crippen LogP contribution in [0.5, 0.6) is 0 Å². The maximum atomic E-state index is 4.44. The van der Waals surface area contributed by atoms with Gasteiger partial charge in [-0.3, -0.25) is 9.98 Å². The Balaban J connectivity index is 1.13. The fraction of sp³-hybridized carbons (Fsp3) is 0.0370. The zero-order chi connectivity index (χ0) is 37.3. The van der Waals surface area contributed by atoms with Crippen molar-refractivity contribution in [3.8, 4) is 66.8 Å². The van der Waals surface area contributed by atoms with Crippen LogP contribution >= 0.6 is 0 Å². The lowest BCUT2D eigenvalue weighted by Gasteiger charge is -2.16. The molecule has 1 aliphatic rings. The van der Waals surface area contributed by atoms with Crippen molar-refractivity contribution in [3.63, 3.8) is 0 Å². The van der Waals surface area contributed by atoms with Crippen LogP contribution in [0.25, 0.3) is 93.9 Å². The molecule has 0 atom stereocenters. The van der Waals surface area contributed by atoms with Gasteiger partial charge in [0.25, 0.3) is 0 Å². The summed E-state index contributed by atoms with van der Waals surface area (Å²) in [5.74, 6) is 0. The van der Waals surface area contributed by atoms with Gasteiger partial charge in [0.15, 0.2) is 0 Å². The third kappa shape index (κ3) is 6.52. The van der Waals surface area contributed by atoms with Crippen molar-refractivity contribution >= 4 is 33.3 Å². The van der Waals surface area contributed by atoms with Crippen LogP contribution in [0, 0.1) is 0 Å². The standard InChI is InChI=1S/C54H38N2/c1-2-22-51-45(11-1)34-54(53-24-4-3-23-52(51)53)50-32-48(43-18-7-14-39(29-43)37-12-5-16-41(27-37)46-20-9-25-55-35-46)31-49(33-50)44-19-8-15-40(30-44)38-13-6-17-42(28-38)47-21-10-26-56-36-47/h1-9,11-20,22-36H,10,21H2. The van der Waals surface area contributed by atoms with Crippen molar-refractivity contribution in [1.82, 2.24) is 4.98 Å². The highest BCUT2D eigenvalue weighted by Crippen LogP contribution is 2.40. The molecule has 56 heavy (non-hydrogen) atoms. The van der Waals surface area contributed by atoms with Gasteiger partial charge in [-0.25, -0.2) is 0 Å². The zero-order valence-corrected chi connectivity index (χ0v) is 30.9. The number of fused-ring (bicyclic) bond motifs is 3. The van der Waals surface area contributed by atoms with Gasteiger partial charge in [0.05, 0.1) is 0 Å². The normalized spacial score (nSPS) is 12.5. The average Bonchev–Trinajstić information content (AvgIpc) is 3.29. The van der Waals surface area contributed by atoms with E-state index in [1.54, 1.807) is 0 Å². The number of rotatable bonds is 7. The quantitative estimate of drug-likeness (QED) is 0.151. The summed E-state index contributed by atoms with van der Waals surface area (Å²) in [4.78, 5) is 8.80. The summed E-state index contributed by atoms with van der Waals surface area (Å²) < 4.78 is 0. The highest BCUT2D eigenvalue weighted by molar-refractivity contribution is 6.14. The number of benzene rings is 8. The van der Waals surface area contributed by atoms with Gasteiger partial charge >= 0.3 is 0 Å². The Morgan fingerprint density at radius 2 is 0.839 bits per heavy atom. The van der Waals surface area contributed by atoms with E-state index in [1.165, 1.54) is 88.3 Å². The summed E-state index contributed by atoms with van der Waals surface area (Å²) in [5.41, 5.74) is 16.7. The number of pyridine rings is 1. The number of nitrogens with zero attached hydrogens (tertiary/aromatic N) is 2. The first-order valence-corrected chi connectivity index (χ1v) is 19.3. The Morgan fingerprint density at radius 3 is 1.43 bits per heavy atom. The number of hydrogen-bond donors (Lipinski definition) is 0. The van der Waals surface area contributed by atoms with Crippen molar-refractivity contribution in [2.75, 3.05) is 0 Å². The Morgan fingerprint density at radius 1 is 0.357 bits per heavy atom. The van der Waals surface area contributed by atoms with Crippen LogP contribution in [0.1, 0.15) is 18.4 Å². The molecular weight excluding hydrogens is 677 g/mol. The predicted molar refractivity (Wildman–Crippen MR) is 238 cm³/mol. The zero-order valence-electron chi connectivity index (χ0n) is 30.9. The van der Waals surface area contributed by atoms with Crippen molar-refractivity contribution in [1.29, 1.82) is 0 Å². The van der Waals surface area contributed by atoms with Crippen molar-refractivity contribution in [2.45, 2.75) is 12.8 Å². The van der Waals surface area contributed by atoms with Crippen LogP contribution in [0.15, 0.2) is 206 Å². The number of aliphatic imine (C=N–C) groups is 1. The molecule has 264 valence electrons. The summed E-state index contributed by atoms with van der Waals surface area (Å²) in [7, 11) is 0. The highest BCUT2D eigenvalue weighted by atomic mass is 14.7. The number of hydrogen-bond acceptors (Lipinski definition) is 2. The molecule has 2 heterocycles. The van der Waals surface area contributed by atoms with Gasteiger partial charge in [-0.05, 0) is 161 Å². The van der Waals surface area contributed by atoms with E-state index >= 15 is 0 Å². The fourth-order valence-corrected chi connectivity index (χ4v) is 8.20. The summed E-state index contributed by atoms with van der Waals surface area (Å²) in [6.07, 6.45) is 9.75. The van der Waals surface area contributed by atoms with Crippen LogP contribution in [0.2, 0.25) is 0 Å². The molecule has 0 spiro atoms. The lowest BCUT2D eigenvalue weighted by atomic mass is 9.88. The van der Waals surface area contributed by atoms with E-state index in [4.69, 9.17) is 0 Å². The van der Waals surface area contributed by atoms with E-state index in [0.717, 1.165) is 24.0 Å². The van der Waals surface area contributed by atoms with Crippen LogP contribution in [-0.2, 0) is 0 Å². The minimum atomic E-state index is 0.984. The third-order valence-corrected chi connectivity index (χ3v) is 11.0. The fourth-order valence-electron chi connectivity index (χ4n) is 8.20. The molecule has 0 aliphatic carbocycles. The molecular formula is C54H38N2. The topological polar surface area (TPSA) is 25.2 Å². The molecule has 0 saturated carbocycles. The monoisotopic (exact) mass is 714 g/mol. The maximum absolute atomic E-state index is 4.44. The van der Waals surface area contributed by atoms with Gasteiger partial charge in [-0.1, -0.05) is 127 Å². The highest BCUT2D eigenvalue weighted by Gasteiger charge is 2.14. The van der Waals surface area contributed by atoms with Gasteiger partial charge < -0.3 is 0 Å². The second-order valence-electron chi connectivity index (χ2n) is 14.6. The van der Waals surface area contributed by atoms with Gasteiger partial charge in [0.2, 0.25) is 0 Å². The SMILES string of the molecule is C1=NC=C(c2cccc(-c3cccc(-c4cc(-c5cccc(-c6cccc(-c7cccnc7)c6)c5)cc(-c5cc6ccccc6c6ccccc56)c4)c3)c2)CC1. The Labute approximate surface area is 327 Å². The predicted octanol–water partition coefficient (Wildman–Crippen LogP) is 14.6. The van der Waals surface area contributed by atoms with Crippen LogP contribution in [-0.4, -0.2) is 11.2 Å². The molecule has 2 nitrogen and oxygen atoms in total. The van der Waals surface area contributed by atoms with Crippen LogP contribution in [0.4, 0.5) is 0 Å². The van der Waals surface area contributed by atoms with Crippen molar-refractivity contribution in [3.05, 3.63) is 206 Å². The Bertz CT molecular complexity index is 2970. The Hall–Kier alpha value is -7.16. The smallest absolute Gasteiger partial charge is 0.0346 e. The van der Waals surface area contributed by atoms with Crippen LogP contribution < -0.4 is 0 Å². The molecule has 1 aliphatic heterocycles. The van der Waals surface area contributed by atoms with Crippen LogP contribution in [0.3, 0.4) is 0 Å². The molecule has 0 amide bonds. The molecule has 0 radical (unpaired) electrons. The molecule has 0 saturated heterocycles. The first-order chi connectivity index (χ1) is 27.7. The maximum Gasteiger partial charge on any atom is 0.0346 e. The lowest BCUT2D eigenvalue weighted by molar-refractivity contribution is 1.10. The average molecular weight is 715 g/mol. The molecule has 1 aromatic heterocycles. The minimum Gasteiger partial charge on any atom is -0.269 e. The molecule has 9 aromatic rings. The Kier molecular flexibility index (Phi) is 8.70. The summed E-state index contributed by atoms with van der Waals surface area (Å²) >= 11 is 0. The first-order valence-electron chi connectivity index (χ1n) is 19.3. The minimum absolute atomic E-state index is 0.984. The molecule has 8 aromatic carbocycles. The second-order valence-corrected chi connectivity index (χ2v) is 14.6.